The lowest BCUT2D eigenvalue weighted by atomic mass is 10.2. The van der Waals surface area contributed by atoms with Gasteiger partial charge in [-0.25, -0.2) is 4.79 Å². The second-order valence-corrected chi connectivity index (χ2v) is 2.79. The molecule has 1 aromatic carbocycles. The van der Waals surface area contributed by atoms with Gasteiger partial charge in [-0.3, -0.25) is 5.43 Å². The molecule has 2 N–H and O–H groups in total. The molecule has 4 nitrogen and oxygen atoms in total. The van der Waals surface area contributed by atoms with Crippen LogP contribution in [0.4, 0.5) is 18.9 Å². The van der Waals surface area contributed by atoms with Crippen LogP contribution in [-0.2, 0) is 0 Å². The summed E-state index contributed by atoms with van der Waals surface area (Å²) in [5.74, 6) is -1.11. The summed E-state index contributed by atoms with van der Waals surface area (Å²) in [5.41, 5.74) is 2.44. The molecule has 16 heavy (non-hydrogen) atoms. The summed E-state index contributed by atoms with van der Waals surface area (Å²) in [6, 6.07) is 5.15. The molecule has 0 radical (unpaired) electrons. The number of anilines is 1. The highest BCUT2D eigenvalue weighted by Crippen LogP contribution is 2.12. The average Bonchev–Trinajstić information content (AvgIpc) is 2.16. The topological polar surface area (TPSA) is 61.7 Å². The van der Waals surface area contributed by atoms with Crippen LogP contribution in [0.5, 0.6) is 0 Å². The van der Waals surface area contributed by atoms with Crippen LogP contribution in [-0.4, -0.2) is 23.5 Å². The summed E-state index contributed by atoms with van der Waals surface area (Å²) < 4.78 is 35.0. The zero-order valence-electron chi connectivity index (χ0n) is 7.82. The van der Waals surface area contributed by atoms with Gasteiger partial charge in [0.05, 0.1) is 11.3 Å². The van der Waals surface area contributed by atoms with Crippen molar-refractivity contribution in [2.24, 2.45) is 5.10 Å². The number of carbonyl (C=O) groups is 1. The van der Waals surface area contributed by atoms with Crippen molar-refractivity contribution >= 4 is 17.9 Å². The number of hydrogen-bond donors (Lipinski definition) is 2. The summed E-state index contributed by atoms with van der Waals surface area (Å²) in [5, 5.41) is 11.5. The highest BCUT2D eigenvalue weighted by Gasteiger charge is 2.23. The molecule has 0 unspecified atom stereocenters. The number of nitrogens with zero attached hydrogens (tertiary/aromatic N) is 1. The number of hydrazone groups is 1. The zero-order chi connectivity index (χ0) is 12.2. The first kappa shape index (κ1) is 12.0. The van der Waals surface area contributed by atoms with Gasteiger partial charge in [-0.05, 0) is 24.3 Å². The number of carboxylic acids is 1. The highest BCUT2D eigenvalue weighted by molar-refractivity contribution is 5.88. The minimum atomic E-state index is -4.48. The maximum Gasteiger partial charge on any atom is 0.428 e. The first-order valence-electron chi connectivity index (χ1n) is 4.09. The van der Waals surface area contributed by atoms with E-state index in [2.05, 4.69) is 10.5 Å². The minimum absolute atomic E-state index is 0.0466. The fraction of sp³-hybridized carbons (Fsp3) is 0.111. The van der Waals surface area contributed by atoms with E-state index in [1.807, 2.05) is 0 Å². The summed E-state index contributed by atoms with van der Waals surface area (Å²) in [7, 11) is 0. The molecule has 1 aromatic rings. The Morgan fingerprint density at radius 1 is 1.31 bits per heavy atom. The van der Waals surface area contributed by atoms with Crippen molar-refractivity contribution in [3.63, 3.8) is 0 Å². The fourth-order valence-electron chi connectivity index (χ4n) is 0.867. The van der Waals surface area contributed by atoms with E-state index >= 15 is 0 Å². The minimum Gasteiger partial charge on any atom is -0.478 e. The van der Waals surface area contributed by atoms with Crippen LogP contribution in [0.1, 0.15) is 10.4 Å². The van der Waals surface area contributed by atoms with E-state index in [0.29, 0.717) is 0 Å². The van der Waals surface area contributed by atoms with Gasteiger partial charge in [-0.2, -0.15) is 18.3 Å². The highest BCUT2D eigenvalue weighted by atomic mass is 19.4. The smallest absolute Gasteiger partial charge is 0.428 e. The third-order valence-electron chi connectivity index (χ3n) is 1.54. The Morgan fingerprint density at radius 2 is 1.88 bits per heavy atom. The Bertz CT molecular complexity index is 398. The molecule has 0 bridgehead atoms. The Labute approximate surface area is 88.4 Å². The van der Waals surface area contributed by atoms with Gasteiger partial charge in [0.2, 0.25) is 0 Å². The van der Waals surface area contributed by atoms with E-state index in [-0.39, 0.29) is 17.5 Å². The second-order valence-electron chi connectivity index (χ2n) is 2.79. The molecular formula is C9H7F3N2O2. The quantitative estimate of drug-likeness (QED) is 0.621. The fourth-order valence-corrected chi connectivity index (χ4v) is 0.867. The Hall–Kier alpha value is -2.05. The predicted molar refractivity (Wildman–Crippen MR) is 51.6 cm³/mol. The molecular weight excluding hydrogens is 225 g/mol. The molecule has 0 aliphatic heterocycles. The molecule has 0 heterocycles. The molecule has 0 saturated heterocycles. The Morgan fingerprint density at radius 3 is 2.31 bits per heavy atom. The third-order valence-corrected chi connectivity index (χ3v) is 1.54. The molecule has 0 amide bonds. The van der Waals surface area contributed by atoms with Crippen molar-refractivity contribution in [2.75, 3.05) is 5.43 Å². The van der Waals surface area contributed by atoms with E-state index in [0.717, 1.165) is 0 Å². The van der Waals surface area contributed by atoms with Crippen molar-refractivity contribution in [3.05, 3.63) is 29.8 Å². The number of benzene rings is 1. The number of aromatic carboxylic acids is 1. The first-order chi connectivity index (χ1) is 7.38. The molecule has 7 heteroatoms. The van der Waals surface area contributed by atoms with Crippen molar-refractivity contribution in [1.82, 2.24) is 0 Å². The van der Waals surface area contributed by atoms with Gasteiger partial charge in [0.25, 0.3) is 0 Å². The SMILES string of the molecule is O=C(O)c1ccc(NN=CC(F)(F)F)cc1. The van der Waals surface area contributed by atoms with Gasteiger partial charge in [-0.15, -0.1) is 0 Å². The molecule has 0 fully saturated rings. The third kappa shape index (κ3) is 3.99. The molecule has 0 aromatic heterocycles. The van der Waals surface area contributed by atoms with Crippen LogP contribution in [0.25, 0.3) is 0 Å². The molecule has 86 valence electrons. The lowest BCUT2D eigenvalue weighted by Crippen LogP contribution is -2.09. The van der Waals surface area contributed by atoms with Gasteiger partial charge < -0.3 is 5.11 Å². The number of halogens is 3. The lowest BCUT2D eigenvalue weighted by molar-refractivity contribution is -0.0536. The van der Waals surface area contributed by atoms with Crippen molar-refractivity contribution in [1.29, 1.82) is 0 Å². The summed E-state index contributed by atoms with van der Waals surface area (Å²) in [4.78, 5) is 10.5. The molecule has 0 aliphatic rings. The largest absolute Gasteiger partial charge is 0.478 e. The average molecular weight is 232 g/mol. The molecule has 0 spiro atoms. The summed E-state index contributed by atoms with van der Waals surface area (Å²) in [6.45, 7) is 0. The number of nitrogens with one attached hydrogen (secondary N) is 1. The van der Waals surface area contributed by atoms with Crippen molar-refractivity contribution in [3.8, 4) is 0 Å². The van der Waals surface area contributed by atoms with E-state index in [9.17, 15) is 18.0 Å². The Balaban J connectivity index is 2.63. The summed E-state index contributed by atoms with van der Waals surface area (Å²) >= 11 is 0. The normalized spacial score (nSPS) is 11.7. The number of alkyl halides is 3. The van der Waals surface area contributed by atoms with Crippen LogP contribution in [0.15, 0.2) is 29.4 Å². The van der Waals surface area contributed by atoms with Gasteiger partial charge >= 0.3 is 12.1 Å². The van der Waals surface area contributed by atoms with Crippen LogP contribution in [0.3, 0.4) is 0 Å². The maximum absolute atomic E-state index is 11.7. The molecule has 0 atom stereocenters. The second kappa shape index (κ2) is 4.65. The van der Waals surface area contributed by atoms with Gasteiger partial charge in [0, 0.05) is 0 Å². The summed E-state index contributed by atoms with van der Waals surface area (Å²) in [6.07, 6.45) is -4.67. The molecule has 1 rings (SSSR count). The van der Waals surface area contributed by atoms with Crippen LogP contribution in [0.2, 0.25) is 0 Å². The van der Waals surface area contributed by atoms with E-state index < -0.39 is 12.1 Å². The predicted octanol–water partition coefficient (Wildman–Crippen LogP) is 2.34. The number of hydrogen-bond acceptors (Lipinski definition) is 3. The van der Waals surface area contributed by atoms with Gasteiger partial charge in [0.1, 0.15) is 6.21 Å². The van der Waals surface area contributed by atoms with Crippen LogP contribution >= 0.6 is 0 Å². The monoisotopic (exact) mass is 232 g/mol. The zero-order valence-corrected chi connectivity index (χ0v) is 7.82. The standard InChI is InChI=1S/C9H7F3N2O2/c10-9(11,12)5-13-14-7-3-1-6(2-4-7)8(15)16/h1-5,14H,(H,15,16). The molecule has 0 saturated carbocycles. The van der Waals surface area contributed by atoms with E-state index in [4.69, 9.17) is 5.11 Å². The van der Waals surface area contributed by atoms with Crippen LogP contribution < -0.4 is 5.43 Å². The van der Waals surface area contributed by atoms with Crippen molar-refractivity contribution in [2.45, 2.75) is 6.18 Å². The van der Waals surface area contributed by atoms with Gasteiger partial charge in [-0.1, -0.05) is 0 Å². The Kier molecular flexibility index (Phi) is 3.49. The lowest BCUT2D eigenvalue weighted by Gasteiger charge is -2.01. The van der Waals surface area contributed by atoms with E-state index in [1.165, 1.54) is 24.3 Å². The number of carboxylic acid groups (broad SMARTS) is 1. The van der Waals surface area contributed by atoms with E-state index in [1.54, 1.807) is 0 Å². The first-order valence-corrected chi connectivity index (χ1v) is 4.09. The number of rotatable bonds is 3. The van der Waals surface area contributed by atoms with Gasteiger partial charge in [0.15, 0.2) is 0 Å². The maximum atomic E-state index is 11.7. The molecule has 0 aliphatic carbocycles. The van der Waals surface area contributed by atoms with Crippen molar-refractivity contribution < 1.29 is 23.1 Å². The van der Waals surface area contributed by atoms with Crippen LogP contribution in [0, 0.1) is 0 Å².